The second kappa shape index (κ2) is 6.05. The Morgan fingerprint density at radius 3 is 2.89 bits per heavy atom. The first-order valence-corrected chi connectivity index (χ1v) is 6.34. The minimum Gasteiger partial charge on any atom is -0.497 e. The molecule has 0 saturated carbocycles. The number of hydrogen-bond acceptors (Lipinski definition) is 4. The lowest BCUT2D eigenvalue weighted by atomic mass is 10.1. The predicted octanol–water partition coefficient (Wildman–Crippen LogP) is 2.98. The normalized spacial score (nSPS) is 10.2. The quantitative estimate of drug-likeness (QED) is 0.824. The van der Waals surface area contributed by atoms with Gasteiger partial charge in [0.2, 0.25) is 0 Å². The minimum atomic E-state index is 0.502. The molecule has 2 rings (SSSR count). The van der Waals surface area contributed by atoms with E-state index >= 15 is 0 Å². The van der Waals surface area contributed by atoms with Gasteiger partial charge in [0.1, 0.15) is 11.6 Å². The number of methoxy groups -OCH3 is 1. The summed E-state index contributed by atoms with van der Waals surface area (Å²) in [7, 11) is 1.66. The lowest BCUT2D eigenvalue weighted by molar-refractivity contribution is 0.415. The zero-order valence-corrected chi connectivity index (χ0v) is 11.3. The molecule has 0 bridgehead atoms. The van der Waals surface area contributed by atoms with Crippen molar-refractivity contribution in [3.05, 3.63) is 30.5 Å². The Labute approximate surface area is 113 Å². The van der Waals surface area contributed by atoms with E-state index in [0.29, 0.717) is 13.0 Å². The first kappa shape index (κ1) is 13.2. The molecule has 0 saturated heterocycles. The number of nitriles is 1. The average molecular weight is 255 g/mol. The van der Waals surface area contributed by atoms with E-state index in [1.807, 2.05) is 24.3 Å². The SMILES string of the molecule is CCN(CCC#N)c1nccc2cc(OC)ccc12. The molecule has 1 aromatic carbocycles. The van der Waals surface area contributed by atoms with Crippen molar-refractivity contribution in [1.29, 1.82) is 5.26 Å². The molecule has 4 heteroatoms. The van der Waals surface area contributed by atoms with Crippen LogP contribution >= 0.6 is 0 Å². The van der Waals surface area contributed by atoms with E-state index in [2.05, 4.69) is 22.9 Å². The number of benzene rings is 1. The molecule has 19 heavy (non-hydrogen) atoms. The lowest BCUT2D eigenvalue weighted by Crippen LogP contribution is -2.24. The molecule has 4 nitrogen and oxygen atoms in total. The first-order chi connectivity index (χ1) is 9.30. The van der Waals surface area contributed by atoms with Gasteiger partial charge in [0, 0.05) is 24.7 Å². The van der Waals surface area contributed by atoms with Crippen LogP contribution in [0.5, 0.6) is 5.75 Å². The number of pyridine rings is 1. The fraction of sp³-hybridized carbons (Fsp3) is 0.333. The smallest absolute Gasteiger partial charge is 0.136 e. The van der Waals surface area contributed by atoms with Gasteiger partial charge in [-0.2, -0.15) is 5.26 Å². The van der Waals surface area contributed by atoms with Crippen molar-refractivity contribution in [1.82, 2.24) is 4.98 Å². The van der Waals surface area contributed by atoms with Crippen molar-refractivity contribution in [2.75, 3.05) is 25.1 Å². The number of ether oxygens (including phenoxy) is 1. The van der Waals surface area contributed by atoms with E-state index < -0.39 is 0 Å². The van der Waals surface area contributed by atoms with Gasteiger partial charge >= 0.3 is 0 Å². The van der Waals surface area contributed by atoms with Crippen molar-refractivity contribution < 1.29 is 4.74 Å². The zero-order valence-electron chi connectivity index (χ0n) is 11.3. The summed E-state index contributed by atoms with van der Waals surface area (Å²) in [6.45, 7) is 3.60. The molecule has 0 spiro atoms. The predicted molar refractivity (Wildman–Crippen MR) is 76.4 cm³/mol. The Morgan fingerprint density at radius 1 is 1.37 bits per heavy atom. The van der Waals surface area contributed by atoms with Crippen LogP contribution in [0.4, 0.5) is 5.82 Å². The second-order valence-electron chi connectivity index (χ2n) is 4.21. The largest absolute Gasteiger partial charge is 0.497 e. The van der Waals surface area contributed by atoms with Crippen LogP contribution in [-0.4, -0.2) is 25.2 Å². The second-order valence-corrected chi connectivity index (χ2v) is 4.21. The Kier molecular flexibility index (Phi) is 4.19. The van der Waals surface area contributed by atoms with Gasteiger partial charge in [-0.15, -0.1) is 0 Å². The Balaban J connectivity index is 2.45. The Bertz CT molecular complexity index is 604. The summed E-state index contributed by atoms with van der Waals surface area (Å²) in [5, 5.41) is 10.9. The molecule has 0 aliphatic carbocycles. The molecule has 0 amide bonds. The van der Waals surface area contributed by atoms with Crippen molar-refractivity contribution >= 4 is 16.6 Å². The molecule has 1 aromatic heterocycles. The van der Waals surface area contributed by atoms with E-state index in [-0.39, 0.29) is 0 Å². The summed E-state index contributed by atoms with van der Waals surface area (Å²) < 4.78 is 5.24. The van der Waals surface area contributed by atoms with E-state index in [1.54, 1.807) is 13.3 Å². The van der Waals surface area contributed by atoms with E-state index in [4.69, 9.17) is 10.00 Å². The van der Waals surface area contributed by atoms with Crippen LogP contribution in [0.2, 0.25) is 0 Å². The van der Waals surface area contributed by atoms with Gasteiger partial charge in [0.05, 0.1) is 19.6 Å². The summed E-state index contributed by atoms with van der Waals surface area (Å²) >= 11 is 0. The molecule has 0 radical (unpaired) electrons. The molecular formula is C15H17N3O. The fourth-order valence-electron chi connectivity index (χ4n) is 2.12. The summed E-state index contributed by atoms with van der Waals surface area (Å²) in [4.78, 5) is 6.59. The lowest BCUT2D eigenvalue weighted by Gasteiger charge is -2.22. The van der Waals surface area contributed by atoms with Gasteiger partial charge < -0.3 is 9.64 Å². The Morgan fingerprint density at radius 2 is 2.21 bits per heavy atom. The highest BCUT2D eigenvalue weighted by Gasteiger charge is 2.10. The molecule has 0 fully saturated rings. The maximum Gasteiger partial charge on any atom is 0.136 e. The van der Waals surface area contributed by atoms with Crippen LogP contribution < -0.4 is 9.64 Å². The van der Waals surface area contributed by atoms with Gasteiger partial charge in [0.25, 0.3) is 0 Å². The van der Waals surface area contributed by atoms with Crippen molar-refractivity contribution in [3.63, 3.8) is 0 Å². The molecule has 0 aliphatic rings. The number of anilines is 1. The first-order valence-electron chi connectivity index (χ1n) is 6.34. The van der Waals surface area contributed by atoms with Gasteiger partial charge in [-0.1, -0.05) is 0 Å². The third-order valence-corrected chi connectivity index (χ3v) is 3.13. The number of aromatic nitrogens is 1. The van der Waals surface area contributed by atoms with E-state index in [9.17, 15) is 0 Å². The van der Waals surface area contributed by atoms with Crippen LogP contribution in [-0.2, 0) is 0 Å². The molecule has 0 aliphatic heterocycles. The van der Waals surface area contributed by atoms with Crippen LogP contribution in [0.3, 0.4) is 0 Å². The third kappa shape index (κ3) is 2.76. The molecule has 0 N–H and O–H groups in total. The highest BCUT2D eigenvalue weighted by Crippen LogP contribution is 2.27. The average Bonchev–Trinajstić information content (AvgIpc) is 2.47. The van der Waals surface area contributed by atoms with Crippen molar-refractivity contribution in [2.45, 2.75) is 13.3 Å². The van der Waals surface area contributed by atoms with Crippen molar-refractivity contribution in [3.8, 4) is 11.8 Å². The molecule has 98 valence electrons. The highest BCUT2D eigenvalue weighted by atomic mass is 16.5. The van der Waals surface area contributed by atoms with Crippen LogP contribution in [0.25, 0.3) is 10.8 Å². The standard InChI is InChI=1S/C15H17N3O/c1-3-18(10-4-8-16)15-14-6-5-13(19-2)11-12(14)7-9-17-15/h5-7,9,11H,3-4,10H2,1-2H3. The zero-order chi connectivity index (χ0) is 13.7. The highest BCUT2D eigenvalue weighted by molar-refractivity contribution is 5.93. The number of nitrogens with zero attached hydrogens (tertiary/aromatic N) is 3. The number of rotatable bonds is 5. The molecule has 2 aromatic rings. The summed E-state index contributed by atoms with van der Waals surface area (Å²) in [5.41, 5.74) is 0. The van der Waals surface area contributed by atoms with Gasteiger partial charge in [0.15, 0.2) is 0 Å². The van der Waals surface area contributed by atoms with Crippen LogP contribution in [0, 0.1) is 11.3 Å². The summed E-state index contributed by atoms with van der Waals surface area (Å²) in [6, 6.07) is 10.1. The van der Waals surface area contributed by atoms with E-state index in [0.717, 1.165) is 28.9 Å². The van der Waals surface area contributed by atoms with Gasteiger partial charge in [-0.05, 0) is 36.6 Å². The van der Waals surface area contributed by atoms with Gasteiger partial charge in [-0.3, -0.25) is 0 Å². The Hall–Kier alpha value is -2.28. The molecular weight excluding hydrogens is 238 g/mol. The maximum atomic E-state index is 8.73. The van der Waals surface area contributed by atoms with Crippen LogP contribution in [0.1, 0.15) is 13.3 Å². The summed E-state index contributed by atoms with van der Waals surface area (Å²) in [6.07, 6.45) is 2.30. The third-order valence-electron chi connectivity index (χ3n) is 3.13. The van der Waals surface area contributed by atoms with Crippen molar-refractivity contribution in [2.24, 2.45) is 0 Å². The van der Waals surface area contributed by atoms with E-state index in [1.165, 1.54) is 0 Å². The fourth-order valence-corrected chi connectivity index (χ4v) is 2.12. The summed E-state index contributed by atoms with van der Waals surface area (Å²) in [5.74, 6) is 1.77. The molecule has 0 unspecified atom stereocenters. The minimum absolute atomic E-state index is 0.502. The molecule has 1 heterocycles. The number of hydrogen-bond donors (Lipinski definition) is 0. The maximum absolute atomic E-state index is 8.73. The molecule has 0 atom stereocenters. The van der Waals surface area contributed by atoms with Crippen LogP contribution in [0.15, 0.2) is 30.5 Å². The number of fused-ring (bicyclic) bond motifs is 1. The van der Waals surface area contributed by atoms with Gasteiger partial charge in [-0.25, -0.2) is 4.98 Å². The monoisotopic (exact) mass is 255 g/mol. The topological polar surface area (TPSA) is 49.2 Å².